The van der Waals surface area contributed by atoms with Gasteiger partial charge in [0, 0.05) is 30.1 Å². The van der Waals surface area contributed by atoms with Gasteiger partial charge in [0.1, 0.15) is 5.82 Å². The second kappa shape index (κ2) is 6.05. The third kappa shape index (κ3) is 3.28. The van der Waals surface area contributed by atoms with Crippen molar-refractivity contribution < 1.29 is 4.92 Å². The molecule has 0 amide bonds. The Morgan fingerprint density at radius 1 is 1.38 bits per heavy atom. The molecule has 1 aromatic carbocycles. The van der Waals surface area contributed by atoms with E-state index in [2.05, 4.69) is 15.6 Å². The molecular formula is C15H18N4O2. The molecule has 0 bridgehead atoms. The number of anilines is 1. The van der Waals surface area contributed by atoms with Gasteiger partial charge in [0.2, 0.25) is 0 Å². The number of nitro benzene ring substituents is 1. The van der Waals surface area contributed by atoms with Gasteiger partial charge in [-0.1, -0.05) is 0 Å². The first kappa shape index (κ1) is 13.8. The fraction of sp³-hybridized carbons (Fsp3) is 0.400. The van der Waals surface area contributed by atoms with Crippen molar-refractivity contribution in [3.05, 3.63) is 40.4 Å². The zero-order chi connectivity index (χ0) is 14.7. The summed E-state index contributed by atoms with van der Waals surface area (Å²) >= 11 is 0. The first-order chi connectivity index (χ1) is 10.2. The number of nitrogens with one attached hydrogen (secondary N) is 2. The normalized spacial score (nSPS) is 18.0. The summed E-state index contributed by atoms with van der Waals surface area (Å²) in [5.74, 6) is 0.814. The zero-order valence-electron chi connectivity index (χ0n) is 11.7. The van der Waals surface area contributed by atoms with Crippen molar-refractivity contribution >= 4 is 22.4 Å². The van der Waals surface area contributed by atoms with Gasteiger partial charge in [-0.3, -0.25) is 10.1 Å². The Morgan fingerprint density at radius 3 is 3.05 bits per heavy atom. The number of pyridine rings is 1. The van der Waals surface area contributed by atoms with Crippen LogP contribution >= 0.6 is 0 Å². The first-order valence-corrected chi connectivity index (χ1v) is 7.25. The Kier molecular flexibility index (Phi) is 3.96. The Balaban J connectivity index is 1.66. The number of fused-ring (bicyclic) bond motifs is 1. The third-order valence-electron chi connectivity index (χ3n) is 3.84. The summed E-state index contributed by atoms with van der Waals surface area (Å²) in [6, 6.07) is 9.08. The lowest BCUT2D eigenvalue weighted by Crippen LogP contribution is -2.24. The Bertz CT molecular complexity index is 653. The highest BCUT2D eigenvalue weighted by Gasteiger charge is 2.13. The Morgan fingerprint density at radius 2 is 2.29 bits per heavy atom. The van der Waals surface area contributed by atoms with Gasteiger partial charge in [-0.05, 0) is 44.0 Å². The molecule has 0 aliphatic carbocycles. The Labute approximate surface area is 122 Å². The highest BCUT2D eigenvalue weighted by molar-refractivity contribution is 5.82. The molecule has 21 heavy (non-hydrogen) atoms. The van der Waals surface area contributed by atoms with Crippen LogP contribution in [0.4, 0.5) is 11.5 Å². The van der Waals surface area contributed by atoms with Gasteiger partial charge in [-0.25, -0.2) is 4.98 Å². The molecule has 1 aliphatic rings. The summed E-state index contributed by atoms with van der Waals surface area (Å²) in [6.07, 6.45) is 3.59. The maximum atomic E-state index is 10.7. The van der Waals surface area contributed by atoms with Crippen molar-refractivity contribution in [3.63, 3.8) is 0 Å². The van der Waals surface area contributed by atoms with Crippen molar-refractivity contribution in [3.8, 4) is 0 Å². The number of non-ortho nitro benzene ring substituents is 1. The molecule has 2 aromatic rings. The molecular weight excluding hydrogens is 268 g/mol. The maximum Gasteiger partial charge on any atom is 0.270 e. The summed E-state index contributed by atoms with van der Waals surface area (Å²) in [7, 11) is 0. The van der Waals surface area contributed by atoms with Crippen LogP contribution < -0.4 is 10.6 Å². The van der Waals surface area contributed by atoms with Crippen LogP contribution in [0.5, 0.6) is 0 Å². The van der Waals surface area contributed by atoms with Crippen LogP contribution in [0.3, 0.4) is 0 Å². The lowest BCUT2D eigenvalue weighted by molar-refractivity contribution is -0.384. The van der Waals surface area contributed by atoms with Crippen LogP contribution in [-0.4, -0.2) is 29.0 Å². The average Bonchev–Trinajstić information content (AvgIpc) is 3.00. The lowest BCUT2D eigenvalue weighted by Gasteiger charge is -2.11. The number of benzene rings is 1. The predicted octanol–water partition coefficient (Wildman–Crippen LogP) is 2.70. The molecule has 2 N–H and O–H groups in total. The maximum absolute atomic E-state index is 10.7. The monoisotopic (exact) mass is 286 g/mol. The molecule has 1 aliphatic heterocycles. The van der Waals surface area contributed by atoms with Crippen LogP contribution in [0.1, 0.15) is 19.3 Å². The Hall–Kier alpha value is -2.21. The van der Waals surface area contributed by atoms with Crippen LogP contribution in [0.15, 0.2) is 30.3 Å². The van der Waals surface area contributed by atoms with E-state index in [0.717, 1.165) is 36.2 Å². The highest BCUT2D eigenvalue weighted by Crippen LogP contribution is 2.21. The molecule has 1 aromatic heterocycles. The van der Waals surface area contributed by atoms with Gasteiger partial charge in [-0.2, -0.15) is 0 Å². The van der Waals surface area contributed by atoms with E-state index in [0.29, 0.717) is 6.04 Å². The summed E-state index contributed by atoms with van der Waals surface area (Å²) in [5.41, 5.74) is 0.863. The van der Waals surface area contributed by atoms with E-state index in [9.17, 15) is 10.1 Å². The fourth-order valence-corrected chi connectivity index (χ4v) is 2.70. The summed E-state index contributed by atoms with van der Waals surface area (Å²) in [5, 5.41) is 18.3. The fourth-order valence-electron chi connectivity index (χ4n) is 2.70. The van der Waals surface area contributed by atoms with Gasteiger partial charge in [0.25, 0.3) is 5.69 Å². The summed E-state index contributed by atoms with van der Waals surface area (Å²) in [4.78, 5) is 14.8. The molecule has 1 fully saturated rings. The highest BCUT2D eigenvalue weighted by atomic mass is 16.6. The molecule has 6 nitrogen and oxygen atoms in total. The van der Waals surface area contributed by atoms with Gasteiger partial charge in [0.05, 0.1) is 10.4 Å². The second-order valence-corrected chi connectivity index (χ2v) is 5.34. The molecule has 110 valence electrons. The molecule has 0 radical (unpaired) electrons. The number of hydrogen-bond acceptors (Lipinski definition) is 5. The van der Waals surface area contributed by atoms with E-state index in [1.165, 1.54) is 18.9 Å². The quantitative estimate of drug-likeness (QED) is 0.652. The smallest absolute Gasteiger partial charge is 0.270 e. The van der Waals surface area contributed by atoms with Gasteiger partial charge >= 0.3 is 0 Å². The minimum Gasteiger partial charge on any atom is -0.370 e. The van der Waals surface area contributed by atoms with Crippen molar-refractivity contribution in [1.29, 1.82) is 0 Å². The average molecular weight is 286 g/mol. The summed E-state index contributed by atoms with van der Waals surface area (Å²) < 4.78 is 0. The van der Waals surface area contributed by atoms with Crippen molar-refractivity contribution in [2.75, 3.05) is 18.4 Å². The molecule has 1 saturated heterocycles. The van der Waals surface area contributed by atoms with Crippen LogP contribution in [-0.2, 0) is 0 Å². The van der Waals surface area contributed by atoms with Crippen molar-refractivity contribution in [2.45, 2.75) is 25.3 Å². The standard InChI is InChI=1S/C15H18N4O2/c20-19(21)13-4-5-14-11(10-13)3-6-15(18-14)17-9-7-12-2-1-8-16-12/h3-6,10,12,16H,1-2,7-9H2,(H,17,18). The van der Waals surface area contributed by atoms with E-state index in [-0.39, 0.29) is 10.6 Å². The molecule has 6 heteroatoms. The van der Waals surface area contributed by atoms with E-state index in [1.54, 1.807) is 12.1 Å². The predicted molar refractivity (Wildman–Crippen MR) is 82.5 cm³/mol. The van der Waals surface area contributed by atoms with Crippen LogP contribution in [0.25, 0.3) is 10.9 Å². The summed E-state index contributed by atoms with van der Waals surface area (Å²) in [6.45, 7) is 2.00. The lowest BCUT2D eigenvalue weighted by atomic mass is 10.1. The number of hydrogen-bond donors (Lipinski definition) is 2. The number of aromatic nitrogens is 1. The van der Waals surface area contributed by atoms with E-state index < -0.39 is 0 Å². The molecule has 1 unspecified atom stereocenters. The molecule has 3 rings (SSSR count). The molecule has 1 atom stereocenters. The topological polar surface area (TPSA) is 80.1 Å². The van der Waals surface area contributed by atoms with Gasteiger partial charge in [-0.15, -0.1) is 0 Å². The van der Waals surface area contributed by atoms with Crippen molar-refractivity contribution in [2.24, 2.45) is 0 Å². The van der Waals surface area contributed by atoms with Gasteiger partial charge < -0.3 is 10.6 Å². The SMILES string of the molecule is O=[N+]([O-])c1ccc2nc(NCCC3CCCN3)ccc2c1. The van der Waals surface area contributed by atoms with Gasteiger partial charge in [0.15, 0.2) is 0 Å². The number of nitrogens with zero attached hydrogens (tertiary/aromatic N) is 2. The first-order valence-electron chi connectivity index (χ1n) is 7.25. The van der Waals surface area contributed by atoms with E-state index >= 15 is 0 Å². The minimum absolute atomic E-state index is 0.0947. The van der Waals surface area contributed by atoms with Crippen molar-refractivity contribution in [1.82, 2.24) is 10.3 Å². The van der Waals surface area contributed by atoms with Crippen LogP contribution in [0.2, 0.25) is 0 Å². The van der Waals surface area contributed by atoms with E-state index in [1.807, 2.05) is 12.1 Å². The molecule has 2 heterocycles. The third-order valence-corrected chi connectivity index (χ3v) is 3.84. The zero-order valence-corrected chi connectivity index (χ0v) is 11.7. The number of rotatable bonds is 5. The molecule has 0 saturated carbocycles. The van der Waals surface area contributed by atoms with E-state index in [4.69, 9.17) is 0 Å². The molecule has 0 spiro atoms. The minimum atomic E-state index is -0.389. The second-order valence-electron chi connectivity index (χ2n) is 5.34. The van der Waals surface area contributed by atoms with Crippen LogP contribution in [0, 0.1) is 10.1 Å². The largest absolute Gasteiger partial charge is 0.370 e. The number of nitro groups is 1.